The van der Waals surface area contributed by atoms with E-state index in [1.54, 1.807) is 34.3 Å². The molecule has 220 valence electrons. The largest absolute Gasteiger partial charge is 0.497 e. The predicted octanol–water partition coefficient (Wildman–Crippen LogP) is 6.34. The third-order valence-electron chi connectivity index (χ3n) is 7.39. The van der Waals surface area contributed by atoms with Crippen molar-refractivity contribution in [1.82, 2.24) is 29.5 Å². The van der Waals surface area contributed by atoms with Gasteiger partial charge in [-0.3, -0.25) is 4.79 Å². The highest BCUT2D eigenvalue weighted by Crippen LogP contribution is 2.39. The smallest absolute Gasteiger partial charge is 0.253 e. The highest BCUT2D eigenvalue weighted by atomic mass is 32.1. The summed E-state index contributed by atoms with van der Waals surface area (Å²) in [4.78, 5) is 30.0. The van der Waals surface area contributed by atoms with Gasteiger partial charge in [-0.15, -0.1) is 22.7 Å². The van der Waals surface area contributed by atoms with Gasteiger partial charge in [0.1, 0.15) is 38.8 Å². The minimum Gasteiger partial charge on any atom is -0.497 e. The summed E-state index contributed by atoms with van der Waals surface area (Å²) in [6.45, 7) is 3.66. The first kappa shape index (κ1) is 27.9. The zero-order valence-electron chi connectivity index (χ0n) is 23.8. The van der Waals surface area contributed by atoms with Crippen LogP contribution in [0.15, 0.2) is 48.0 Å². The Balaban J connectivity index is 1.06. The number of rotatable bonds is 8. The van der Waals surface area contributed by atoms with Gasteiger partial charge in [-0.05, 0) is 31.9 Å². The standard InChI is InChI=1S/C30H28N6O4S3/c1-17-34-36-14-24(33-30(36)42-17)28-32-23-12-22(38-3)13-25(26(23)43-28)40-15-20-16-41-27(31-20)18-4-6-19(7-5-18)29(37)35(2)21-8-10-39-11-9-21/h4-7,12-14,16,21H,8-11,15H2,1-3H3. The Morgan fingerprint density at radius 2 is 1.91 bits per heavy atom. The van der Waals surface area contributed by atoms with Crippen molar-refractivity contribution in [2.75, 3.05) is 27.4 Å². The van der Waals surface area contributed by atoms with Crippen LogP contribution in [0.5, 0.6) is 11.5 Å². The highest BCUT2D eigenvalue weighted by Gasteiger charge is 2.23. The summed E-state index contributed by atoms with van der Waals surface area (Å²) in [6.07, 6.45) is 3.64. The molecule has 1 aliphatic rings. The predicted molar refractivity (Wildman–Crippen MR) is 169 cm³/mol. The summed E-state index contributed by atoms with van der Waals surface area (Å²) in [5.74, 6) is 1.37. The Kier molecular flexibility index (Phi) is 7.55. The molecule has 4 aromatic heterocycles. The zero-order chi connectivity index (χ0) is 29.5. The van der Waals surface area contributed by atoms with E-state index in [-0.39, 0.29) is 11.9 Å². The number of nitrogens with zero attached hydrogens (tertiary/aromatic N) is 6. The first-order chi connectivity index (χ1) is 20.9. The van der Waals surface area contributed by atoms with Crippen molar-refractivity contribution in [3.05, 3.63) is 64.2 Å². The Morgan fingerprint density at radius 1 is 1.09 bits per heavy atom. The van der Waals surface area contributed by atoms with E-state index >= 15 is 0 Å². The highest BCUT2D eigenvalue weighted by molar-refractivity contribution is 7.22. The van der Waals surface area contributed by atoms with Crippen LogP contribution in [0.2, 0.25) is 0 Å². The van der Waals surface area contributed by atoms with Crippen molar-refractivity contribution < 1.29 is 19.0 Å². The summed E-state index contributed by atoms with van der Waals surface area (Å²) >= 11 is 4.62. The van der Waals surface area contributed by atoms with Crippen molar-refractivity contribution in [2.45, 2.75) is 32.4 Å². The van der Waals surface area contributed by atoms with Crippen molar-refractivity contribution in [1.29, 1.82) is 0 Å². The molecule has 1 saturated heterocycles. The molecule has 1 fully saturated rings. The van der Waals surface area contributed by atoms with Crippen LogP contribution in [0, 0.1) is 6.92 Å². The number of carbonyl (C=O) groups is 1. The number of amides is 1. The van der Waals surface area contributed by atoms with Gasteiger partial charge in [-0.2, -0.15) is 5.10 Å². The van der Waals surface area contributed by atoms with Crippen molar-refractivity contribution >= 4 is 55.1 Å². The number of fused-ring (bicyclic) bond motifs is 2. The lowest BCUT2D eigenvalue weighted by molar-refractivity contribution is 0.0362. The van der Waals surface area contributed by atoms with Gasteiger partial charge in [0.2, 0.25) is 4.96 Å². The summed E-state index contributed by atoms with van der Waals surface area (Å²) < 4.78 is 19.9. The average molecular weight is 633 g/mol. The number of imidazole rings is 1. The van der Waals surface area contributed by atoms with Gasteiger partial charge in [0.15, 0.2) is 0 Å². The number of benzene rings is 2. The van der Waals surface area contributed by atoms with Gasteiger partial charge in [-0.1, -0.05) is 23.5 Å². The fraction of sp³-hybridized carbons (Fsp3) is 0.300. The van der Waals surface area contributed by atoms with Crippen LogP contribution in [0.1, 0.15) is 33.9 Å². The number of aromatic nitrogens is 5. The Hall–Kier alpha value is -3.91. The van der Waals surface area contributed by atoms with Gasteiger partial charge in [0, 0.05) is 54.9 Å². The van der Waals surface area contributed by atoms with Crippen molar-refractivity contribution in [3.63, 3.8) is 0 Å². The molecule has 0 saturated carbocycles. The number of thiazole rings is 2. The van der Waals surface area contributed by atoms with Gasteiger partial charge in [0.05, 0.1) is 29.2 Å². The molecule has 0 atom stereocenters. The molecule has 43 heavy (non-hydrogen) atoms. The van der Waals surface area contributed by atoms with Crippen LogP contribution in [-0.4, -0.2) is 68.8 Å². The van der Waals surface area contributed by atoms with E-state index in [1.165, 1.54) is 11.3 Å². The van der Waals surface area contributed by atoms with E-state index in [0.717, 1.165) is 60.0 Å². The van der Waals surface area contributed by atoms with Crippen LogP contribution >= 0.6 is 34.0 Å². The number of carbonyl (C=O) groups excluding carboxylic acids is 1. The van der Waals surface area contributed by atoms with Gasteiger partial charge in [-0.25, -0.2) is 19.5 Å². The molecule has 5 heterocycles. The number of ether oxygens (including phenoxy) is 3. The summed E-state index contributed by atoms with van der Waals surface area (Å²) in [6, 6.07) is 11.7. The second-order valence-electron chi connectivity index (χ2n) is 10.2. The van der Waals surface area contributed by atoms with E-state index < -0.39 is 0 Å². The summed E-state index contributed by atoms with van der Waals surface area (Å²) in [5, 5.41) is 9.08. The minimum atomic E-state index is 0.0296. The molecule has 0 unspecified atom stereocenters. The molecule has 0 spiro atoms. The quantitative estimate of drug-likeness (QED) is 0.192. The Bertz CT molecular complexity index is 1890. The fourth-order valence-corrected chi connectivity index (χ4v) is 7.57. The molecule has 10 nitrogen and oxygen atoms in total. The van der Waals surface area contributed by atoms with Gasteiger partial charge >= 0.3 is 0 Å². The SMILES string of the molecule is COc1cc(OCc2csc(-c3ccc(C(=O)N(C)C4CCOCC4)cc3)n2)c2sc(-c3cn4nc(C)sc4n3)nc2c1. The monoisotopic (exact) mass is 632 g/mol. The Labute approximate surface area is 259 Å². The lowest BCUT2D eigenvalue weighted by Gasteiger charge is -2.31. The maximum atomic E-state index is 13.0. The molecule has 0 N–H and O–H groups in total. The van der Waals surface area contributed by atoms with Crippen LogP contribution < -0.4 is 9.47 Å². The first-order valence-electron chi connectivity index (χ1n) is 13.8. The topological polar surface area (TPSA) is 104 Å². The van der Waals surface area contributed by atoms with Crippen LogP contribution in [0.25, 0.3) is 36.5 Å². The number of hydrogen-bond acceptors (Lipinski definition) is 11. The maximum absolute atomic E-state index is 13.0. The third-order valence-corrected chi connectivity index (χ3v) is 10.3. The van der Waals surface area contributed by atoms with Crippen LogP contribution in [-0.2, 0) is 11.3 Å². The Morgan fingerprint density at radius 3 is 2.67 bits per heavy atom. The molecule has 1 aliphatic heterocycles. The zero-order valence-corrected chi connectivity index (χ0v) is 26.2. The van der Waals surface area contributed by atoms with Crippen molar-refractivity contribution in [3.8, 4) is 32.8 Å². The van der Waals surface area contributed by atoms with E-state index in [9.17, 15) is 4.79 Å². The number of aryl methyl sites for hydroxylation is 1. The lowest BCUT2D eigenvalue weighted by atomic mass is 10.1. The van der Waals surface area contributed by atoms with Crippen LogP contribution in [0.4, 0.5) is 0 Å². The minimum absolute atomic E-state index is 0.0296. The molecular weight excluding hydrogens is 605 g/mol. The van der Waals surface area contributed by atoms with E-state index in [1.807, 2.05) is 66.8 Å². The third kappa shape index (κ3) is 5.60. The summed E-state index contributed by atoms with van der Waals surface area (Å²) in [5.41, 5.74) is 4.01. The van der Waals surface area contributed by atoms with E-state index in [4.69, 9.17) is 29.2 Å². The van der Waals surface area contributed by atoms with Crippen molar-refractivity contribution in [2.24, 2.45) is 0 Å². The van der Waals surface area contributed by atoms with Gasteiger partial charge in [0.25, 0.3) is 5.91 Å². The maximum Gasteiger partial charge on any atom is 0.253 e. The van der Waals surface area contributed by atoms with E-state index in [0.29, 0.717) is 36.9 Å². The molecule has 0 bridgehead atoms. The normalized spacial score (nSPS) is 14.0. The van der Waals surface area contributed by atoms with Crippen LogP contribution in [0.3, 0.4) is 0 Å². The first-order valence-corrected chi connectivity index (χ1v) is 16.3. The molecule has 6 aromatic rings. The summed E-state index contributed by atoms with van der Waals surface area (Å²) in [7, 11) is 3.50. The lowest BCUT2D eigenvalue weighted by Crippen LogP contribution is -2.40. The fourth-order valence-electron chi connectivity index (χ4n) is 5.07. The molecule has 7 rings (SSSR count). The number of hydrogen-bond donors (Lipinski definition) is 0. The average Bonchev–Trinajstić information content (AvgIpc) is 3.83. The molecule has 1 amide bonds. The van der Waals surface area contributed by atoms with Gasteiger partial charge < -0.3 is 19.1 Å². The molecular formula is C30H28N6O4S3. The molecule has 0 aliphatic carbocycles. The van der Waals surface area contributed by atoms with E-state index in [2.05, 4.69) is 5.10 Å². The second-order valence-corrected chi connectivity index (χ2v) is 13.3. The molecule has 2 aromatic carbocycles. The molecule has 0 radical (unpaired) electrons. The number of methoxy groups -OCH3 is 1. The molecule has 13 heteroatoms. The second kappa shape index (κ2) is 11.6.